The van der Waals surface area contributed by atoms with Crippen LogP contribution in [-0.4, -0.2) is 23.6 Å². The van der Waals surface area contributed by atoms with Crippen LogP contribution in [0, 0.1) is 0 Å². The first-order chi connectivity index (χ1) is 15.6. The molecule has 1 amide bonds. The average Bonchev–Trinajstić information content (AvgIpc) is 3.27. The number of nitrogens with one attached hydrogen (secondary N) is 1. The van der Waals surface area contributed by atoms with Gasteiger partial charge in [-0.2, -0.15) is 0 Å². The highest BCUT2D eigenvalue weighted by molar-refractivity contribution is 7.14. The molecule has 0 bridgehead atoms. The van der Waals surface area contributed by atoms with E-state index in [4.69, 9.17) is 9.47 Å². The Morgan fingerprint density at radius 2 is 1.66 bits per heavy atom. The number of benzene rings is 3. The van der Waals surface area contributed by atoms with Gasteiger partial charge in [0.25, 0.3) is 5.91 Å². The van der Waals surface area contributed by atoms with Gasteiger partial charge in [-0.3, -0.25) is 10.1 Å². The van der Waals surface area contributed by atoms with E-state index in [9.17, 15) is 4.79 Å². The maximum absolute atomic E-state index is 12.4. The van der Waals surface area contributed by atoms with Crippen LogP contribution in [-0.2, 0) is 4.79 Å². The molecule has 0 radical (unpaired) electrons. The summed E-state index contributed by atoms with van der Waals surface area (Å²) >= 11 is 1.38. The van der Waals surface area contributed by atoms with E-state index in [1.165, 1.54) is 11.3 Å². The Morgan fingerprint density at radius 1 is 0.938 bits per heavy atom. The number of carbonyl (C=O) groups is 1. The van der Waals surface area contributed by atoms with Crippen LogP contribution < -0.4 is 14.8 Å². The molecule has 0 spiro atoms. The fraction of sp³-hybridized carbons (Fsp3) is 0.154. The molecule has 3 aromatic carbocycles. The first-order valence-electron chi connectivity index (χ1n) is 10.4. The van der Waals surface area contributed by atoms with E-state index < -0.39 is 0 Å². The van der Waals surface area contributed by atoms with Crippen LogP contribution in [0.15, 0.2) is 84.2 Å². The van der Waals surface area contributed by atoms with Crippen LogP contribution in [0.4, 0.5) is 5.13 Å². The average molecular weight is 445 g/mol. The first-order valence-corrected chi connectivity index (χ1v) is 11.3. The van der Waals surface area contributed by atoms with Crippen molar-refractivity contribution in [3.63, 3.8) is 0 Å². The number of nitrogens with zero attached hydrogens (tertiary/aromatic N) is 1. The fourth-order valence-electron chi connectivity index (χ4n) is 3.19. The first kappa shape index (κ1) is 21.6. The summed E-state index contributed by atoms with van der Waals surface area (Å²) in [7, 11) is 0. The molecule has 0 fully saturated rings. The third-order valence-corrected chi connectivity index (χ3v) is 5.36. The molecule has 1 N–H and O–H groups in total. The van der Waals surface area contributed by atoms with Crippen LogP contribution in [0.5, 0.6) is 11.5 Å². The predicted octanol–water partition coefficient (Wildman–Crippen LogP) is 6.28. The van der Waals surface area contributed by atoms with Crippen molar-refractivity contribution in [2.24, 2.45) is 0 Å². The summed E-state index contributed by atoms with van der Waals surface area (Å²) in [6, 6.07) is 25.4. The summed E-state index contributed by atoms with van der Waals surface area (Å²) in [4.78, 5) is 17.0. The molecule has 1 heterocycles. The SMILES string of the molecule is CC(C)Oc1ccc(-c2csc(NC(=O)COc3ccccc3-c3ccccc3)n2)cc1. The Bertz CT molecular complexity index is 1170. The minimum absolute atomic E-state index is 0.0972. The lowest BCUT2D eigenvalue weighted by Crippen LogP contribution is -2.20. The standard InChI is InChI=1S/C26H24N2O3S/c1-18(2)31-21-14-12-20(13-15-21)23-17-32-26(27-23)28-25(29)16-30-24-11-7-6-10-22(24)19-8-4-3-5-9-19/h3-15,17-18H,16H2,1-2H3,(H,27,28,29). The van der Waals surface area contributed by atoms with Crippen LogP contribution in [0.1, 0.15) is 13.8 Å². The number of hydrogen-bond acceptors (Lipinski definition) is 5. The molecule has 162 valence electrons. The van der Waals surface area contributed by atoms with E-state index in [2.05, 4.69) is 10.3 Å². The minimum atomic E-state index is -0.255. The molecule has 0 aliphatic rings. The number of aromatic nitrogens is 1. The third-order valence-electron chi connectivity index (χ3n) is 4.60. The van der Waals surface area contributed by atoms with Crippen molar-refractivity contribution in [3.05, 3.63) is 84.2 Å². The zero-order chi connectivity index (χ0) is 22.3. The summed E-state index contributed by atoms with van der Waals surface area (Å²) in [5.41, 5.74) is 3.75. The number of rotatable bonds is 8. The molecule has 6 heteroatoms. The van der Waals surface area contributed by atoms with Gasteiger partial charge in [-0.15, -0.1) is 11.3 Å². The molecule has 0 saturated carbocycles. The fourth-order valence-corrected chi connectivity index (χ4v) is 3.92. The molecular formula is C26H24N2O3S. The monoisotopic (exact) mass is 444 g/mol. The van der Waals surface area contributed by atoms with E-state index in [-0.39, 0.29) is 18.6 Å². The van der Waals surface area contributed by atoms with E-state index in [1.54, 1.807) is 0 Å². The molecule has 0 aliphatic carbocycles. The van der Waals surface area contributed by atoms with Crippen molar-refractivity contribution in [1.29, 1.82) is 0 Å². The van der Waals surface area contributed by atoms with Gasteiger partial charge in [-0.1, -0.05) is 48.5 Å². The number of carbonyl (C=O) groups excluding carboxylic acids is 1. The van der Waals surface area contributed by atoms with Crippen LogP contribution in [0.2, 0.25) is 0 Å². The predicted molar refractivity (Wildman–Crippen MR) is 129 cm³/mol. The Kier molecular flexibility index (Phi) is 6.82. The van der Waals surface area contributed by atoms with Gasteiger partial charge in [0.1, 0.15) is 11.5 Å². The summed E-state index contributed by atoms with van der Waals surface area (Å²) in [5, 5.41) is 5.27. The van der Waals surface area contributed by atoms with E-state index in [0.717, 1.165) is 28.1 Å². The van der Waals surface area contributed by atoms with Crippen molar-refractivity contribution >= 4 is 22.4 Å². The molecule has 1 aromatic heterocycles. The van der Waals surface area contributed by atoms with Gasteiger partial charge in [0, 0.05) is 16.5 Å². The molecule has 0 saturated heterocycles. The number of thiazole rings is 1. The third kappa shape index (κ3) is 5.53. The number of ether oxygens (including phenoxy) is 2. The lowest BCUT2D eigenvalue weighted by Gasteiger charge is -2.11. The van der Waals surface area contributed by atoms with Crippen LogP contribution in [0.25, 0.3) is 22.4 Å². The lowest BCUT2D eigenvalue weighted by molar-refractivity contribution is -0.118. The van der Waals surface area contributed by atoms with Crippen molar-refractivity contribution in [3.8, 4) is 33.9 Å². The molecule has 5 nitrogen and oxygen atoms in total. The van der Waals surface area contributed by atoms with Gasteiger partial charge in [-0.05, 0) is 49.7 Å². The number of para-hydroxylation sites is 1. The van der Waals surface area contributed by atoms with Gasteiger partial charge in [-0.25, -0.2) is 4.98 Å². The van der Waals surface area contributed by atoms with Crippen LogP contribution in [0.3, 0.4) is 0 Å². The largest absolute Gasteiger partial charge is 0.491 e. The Balaban J connectivity index is 1.37. The molecule has 4 aromatic rings. The number of amides is 1. The highest BCUT2D eigenvalue weighted by atomic mass is 32.1. The van der Waals surface area contributed by atoms with Crippen molar-refractivity contribution in [2.45, 2.75) is 20.0 Å². The molecule has 32 heavy (non-hydrogen) atoms. The summed E-state index contributed by atoms with van der Waals surface area (Å²) in [6.07, 6.45) is 0.129. The Labute approximate surface area is 191 Å². The molecule has 0 unspecified atom stereocenters. The Morgan fingerprint density at radius 3 is 2.41 bits per heavy atom. The van der Waals surface area contributed by atoms with E-state index >= 15 is 0 Å². The highest BCUT2D eigenvalue weighted by Crippen LogP contribution is 2.30. The Hall–Kier alpha value is -3.64. The van der Waals surface area contributed by atoms with Gasteiger partial charge in [0.05, 0.1) is 11.8 Å². The molecular weight excluding hydrogens is 420 g/mol. The van der Waals surface area contributed by atoms with Gasteiger partial charge in [0.15, 0.2) is 11.7 Å². The van der Waals surface area contributed by atoms with Gasteiger partial charge < -0.3 is 9.47 Å². The molecule has 0 aliphatic heterocycles. The highest BCUT2D eigenvalue weighted by Gasteiger charge is 2.11. The van der Waals surface area contributed by atoms with E-state index in [0.29, 0.717) is 10.9 Å². The lowest BCUT2D eigenvalue weighted by atomic mass is 10.1. The second kappa shape index (κ2) is 10.1. The second-order valence-corrected chi connectivity index (χ2v) is 8.29. The molecule has 4 rings (SSSR count). The van der Waals surface area contributed by atoms with Crippen molar-refractivity contribution in [2.75, 3.05) is 11.9 Å². The van der Waals surface area contributed by atoms with E-state index in [1.807, 2.05) is 98.1 Å². The second-order valence-electron chi connectivity index (χ2n) is 7.43. The zero-order valence-electron chi connectivity index (χ0n) is 17.9. The minimum Gasteiger partial charge on any atom is -0.491 e. The zero-order valence-corrected chi connectivity index (χ0v) is 18.8. The quantitative estimate of drug-likeness (QED) is 0.347. The topological polar surface area (TPSA) is 60.5 Å². The summed E-state index contributed by atoms with van der Waals surface area (Å²) in [6.45, 7) is 3.89. The van der Waals surface area contributed by atoms with Gasteiger partial charge in [0.2, 0.25) is 0 Å². The maximum Gasteiger partial charge on any atom is 0.264 e. The summed E-state index contributed by atoms with van der Waals surface area (Å²) in [5.74, 6) is 1.23. The van der Waals surface area contributed by atoms with Crippen molar-refractivity contribution in [1.82, 2.24) is 4.98 Å². The normalized spacial score (nSPS) is 10.7. The maximum atomic E-state index is 12.4. The van der Waals surface area contributed by atoms with Gasteiger partial charge >= 0.3 is 0 Å². The van der Waals surface area contributed by atoms with Crippen molar-refractivity contribution < 1.29 is 14.3 Å². The number of hydrogen-bond donors (Lipinski definition) is 1. The smallest absolute Gasteiger partial charge is 0.264 e. The molecule has 0 atom stereocenters. The van der Waals surface area contributed by atoms with Crippen LogP contribution >= 0.6 is 11.3 Å². The number of anilines is 1. The summed E-state index contributed by atoms with van der Waals surface area (Å²) < 4.78 is 11.5.